The Morgan fingerprint density at radius 3 is 2.50 bits per heavy atom. The van der Waals surface area contributed by atoms with E-state index in [4.69, 9.17) is 5.11 Å². The molecule has 1 N–H and O–H groups in total. The molecule has 1 rings (SSSR count). The van der Waals surface area contributed by atoms with Crippen molar-refractivity contribution in [3.05, 3.63) is 0 Å². The first-order valence-corrected chi connectivity index (χ1v) is 6.97. The topological polar surface area (TPSA) is 40.5 Å². The predicted octanol–water partition coefficient (Wildman–Crippen LogP) is 2.46. The van der Waals surface area contributed by atoms with Crippen LogP contribution < -0.4 is 0 Å². The van der Waals surface area contributed by atoms with Crippen LogP contribution in [0.4, 0.5) is 0 Å². The van der Waals surface area contributed by atoms with Gasteiger partial charge in [-0.05, 0) is 32.9 Å². The lowest BCUT2D eigenvalue weighted by Gasteiger charge is -2.41. The van der Waals surface area contributed by atoms with Crippen molar-refractivity contribution < 1.29 is 9.90 Å². The molecule has 1 aliphatic heterocycles. The molecule has 1 heterocycles. The van der Waals surface area contributed by atoms with Crippen LogP contribution in [0, 0.1) is 0 Å². The summed E-state index contributed by atoms with van der Waals surface area (Å²) in [7, 11) is 0. The van der Waals surface area contributed by atoms with Crippen LogP contribution in [-0.4, -0.2) is 45.1 Å². The molecule has 2 unspecified atom stereocenters. The molecule has 0 aromatic rings. The van der Waals surface area contributed by atoms with E-state index in [2.05, 4.69) is 32.6 Å². The summed E-state index contributed by atoms with van der Waals surface area (Å²) in [4.78, 5) is 13.1. The van der Waals surface area contributed by atoms with Crippen molar-refractivity contribution in [1.29, 1.82) is 0 Å². The van der Waals surface area contributed by atoms with Gasteiger partial charge >= 0.3 is 5.97 Å². The lowest BCUT2D eigenvalue weighted by molar-refractivity contribution is -0.137. The summed E-state index contributed by atoms with van der Waals surface area (Å²) in [6, 6.07) is 0.532. The average Bonchev–Trinajstić information content (AvgIpc) is 2.49. The lowest BCUT2D eigenvalue weighted by atomic mass is 9.99. The molecule has 0 amide bonds. The highest BCUT2D eigenvalue weighted by molar-refractivity contribution is 8.00. The van der Waals surface area contributed by atoms with E-state index in [9.17, 15) is 4.79 Å². The number of rotatable bonds is 4. The molecule has 0 aromatic heterocycles. The summed E-state index contributed by atoms with van der Waals surface area (Å²) in [5, 5.41) is 9.42. The van der Waals surface area contributed by atoms with E-state index >= 15 is 0 Å². The van der Waals surface area contributed by atoms with E-state index < -0.39 is 5.97 Å². The zero-order valence-corrected chi connectivity index (χ0v) is 11.5. The van der Waals surface area contributed by atoms with E-state index in [-0.39, 0.29) is 12.0 Å². The van der Waals surface area contributed by atoms with E-state index in [1.165, 1.54) is 12.2 Å². The largest absolute Gasteiger partial charge is 0.481 e. The zero-order valence-electron chi connectivity index (χ0n) is 10.7. The highest BCUT2D eigenvalue weighted by atomic mass is 32.2. The van der Waals surface area contributed by atoms with Crippen molar-refractivity contribution in [3.8, 4) is 0 Å². The van der Waals surface area contributed by atoms with Gasteiger partial charge in [0, 0.05) is 23.4 Å². The van der Waals surface area contributed by atoms with Crippen molar-refractivity contribution in [1.82, 2.24) is 4.90 Å². The van der Waals surface area contributed by atoms with Gasteiger partial charge in [0.1, 0.15) is 0 Å². The second-order valence-corrected chi connectivity index (χ2v) is 6.93. The SMILES string of the molecule is CC1SCCC1N(CCC(=O)O)C(C)(C)C. The Morgan fingerprint density at radius 1 is 1.50 bits per heavy atom. The third kappa shape index (κ3) is 3.67. The third-order valence-corrected chi connectivity index (χ3v) is 4.48. The minimum atomic E-state index is -0.701. The van der Waals surface area contributed by atoms with Crippen molar-refractivity contribution in [2.75, 3.05) is 12.3 Å². The van der Waals surface area contributed by atoms with Crippen molar-refractivity contribution >= 4 is 17.7 Å². The number of carboxylic acid groups (broad SMARTS) is 1. The van der Waals surface area contributed by atoms with Crippen LogP contribution in [0.25, 0.3) is 0 Å². The molecule has 94 valence electrons. The number of hydrogen-bond acceptors (Lipinski definition) is 3. The van der Waals surface area contributed by atoms with Crippen LogP contribution in [0.15, 0.2) is 0 Å². The van der Waals surface area contributed by atoms with Gasteiger partial charge in [-0.25, -0.2) is 0 Å². The van der Waals surface area contributed by atoms with Gasteiger partial charge in [-0.15, -0.1) is 0 Å². The molecule has 0 radical (unpaired) electrons. The molecule has 3 nitrogen and oxygen atoms in total. The number of carboxylic acids is 1. The highest BCUT2D eigenvalue weighted by Gasteiger charge is 2.35. The summed E-state index contributed by atoms with van der Waals surface area (Å²) in [6.45, 7) is 9.43. The van der Waals surface area contributed by atoms with Gasteiger partial charge in [-0.2, -0.15) is 11.8 Å². The Labute approximate surface area is 103 Å². The van der Waals surface area contributed by atoms with Crippen LogP contribution in [0.2, 0.25) is 0 Å². The van der Waals surface area contributed by atoms with E-state index in [0.29, 0.717) is 17.8 Å². The Morgan fingerprint density at radius 2 is 2.12 bits per heavy atom. The fourth-order valence-electron chi connectivity index (χ4n) is 2.34. The van der Waals surface area contributed by atoms with Crippen LogP contribution >= 0.6 is 11.8 Å². The molecular weight excluding hydrogens is 222 g/mol. The highest BCUT2D eigenvalue weighted by Crippen LogP contribution is 2.33. The monoisotopic (exact) mass is 245 g/mol. The maximum atomic E-state index is 10.7. The average molecular weight is 245 g/mol. The van der Waals surface area contributed by atoms with E-state index in [0.717, 1.165) is 0 Å². The molecular formula is C12H23NO2S. The summed E-state index contributed by atoms with van der Waals surface area (Å²) in [5.74, 6) is 0.499. The molecule has 4 heteroatoms. The van der Waals surface area contributed by atoms with Crippen LogP contribution in [-0.2, 0) is 4.79 Å². The number of carbonyl (C=O) groups is 1. The molecule has 0 bridgehead atoms. The van der Waals surface area contributed by atoms with Gasteiger partial charge in [0.2, 0.25) is 0 Å². The Bertz CT molecular complexity index is 250. The van der Waals surface area contributed by atoms with Gasteiger partial charge in [-0.3, -0.25) is 9.69 Å². The minimum Gasteiger partial charge on any atom is -0.481 e. The first kappa shape index (κ1) is 13.8. The summed E-state index contributed by atoms with van der Waals surface area (Å²) in [5.41, 5.74) is 0.0548. The Balaban J connectivity index is 2.67. The molecule has 0 aliphatic carbocycles. The standard InChI is InChI=1S/C12H23NO2S/c1-9-10(6-8-16-9)13(12(2,3)4)7-5-11(14)15/h9-10H,5-8H2,1-4H3,(H,14,15). The normalized spacial score (nSPS) is 26.3. The van der Waals surface area contributed by atoms with E-state index in [1.807, 2.05) is 11.8 Å². The quantitative estimate of drug-likeness (QED) is 0.826. The molecule has 2 atom stereocenters. The minimum absolute atomic E-state index is 0.0548. The molecule has 16 heavy (non-hydrogen) atoms. The third-order valence-electron chi connectivity index (χ3n) is 3.16. The summed E-state index contributed by atoms with van der Waals surface area (Å²) in [6.07, 6.45) is 1.42. The second kappa shape index (κ2) is 5.41. The van der Waals surface area contributed by atoms with Gasteiger partial charge in [0.15, 0.2) is 0 Å². The molecule has 1 fully saturated rings. The van der Waals surface area contributed by atoms with Gasteiger partial charge < -0.3 is 5.11 Å². The number of nitrogens with zero attached hydrogens (tertiary/aromatic N) is 1. The first-order valence-electron chi connectivity index (χ1n) is 5.92. The van der Waals surface area contributed by atoms with Crippen LogP contribution in [0.3, 0.4) is 0 Å². The lowest BCUT2D eigenvalue weighted by Crippen LogP contribution is -2.51. The number of hydrogen-bond donors (Lipinski definition) is 1. The van der Waals surface area contributed by atoms with E-state index in [1.54, 1.807) is 0 Å². The van der Waals surface area contributed by atoms with Gasteiger partial charge in [-0.1, -0.05) is 6.92 Å². The van der Waals surface area contributed by atoms with Gasteiger partial charge in [0.25, 0.3) is 0 Å². The number of thioether (sulfide) groups is 1. The maximum absolute atomic E-state index is 10.7. The molecule has 0 saturated carbocycles. The Hall–Kier alpha value is -0.220. The summed E-state index contributed by atoms with van der Waals surface area (Å²) >= 11 is 1.99. The van der Waals surface area contributed by atoms with Crippen molar-refractivity contribution in [2.45, 2.75) is 57.4 Å². The number of aliphatic carboxylic acids is 1. The molecule has 0 aromatic carbocycles. The zero-order chi connectivity index (χ0) is 12.3. The fourth-order valence-corrected chi connectivity index (χ4v) is 3.60. The smallest absolute Gasteiger partial charge is 0.304 e. The van der Waals surface area contributed by atoms with Crippen LogP contribution in [0.1, 0.15) is 40.5 Å². The van der Waals surface area contributed by atoms with Crippen molar-refractivity contribution in [3.63, 3.8) is 0 Å². The molecule has 0 spiro atoms. The first-order chi connectivity index (χ1) is 7.32. The summed E-state index contributed by atoms with van der Waals surface area (Å²) < 4.78 is 0. The van der Waals surface area contributed by atoms with Crippen LogP contribution in [0.5, 0.6) is 0 Å². The maximum Gasteiger partial charge on any atom is 0.304 e. The predicted molar refractivity (Wildman–Crippen MR) is 69.0 cm³/mol. The fraction of sp³-hybridized carbons (Fsp3) is 0.917. The molecule has 1 aliphatic rings. The Kier molecular flexibility index (Phi) is 4.68. The second-order valence-electron chi connectivity index (χ2n) is 5.44. The molecule has 1 saturated heterocycles. The van der Waals surface area contributed by atoms with Crippen molar-refractivity contribution in [2.24, 2.45) is 0 Å². The van der Waals surface area contributed by atoms with Gasteiger partial charge in [0.05, 0.1) is 6.42 Å².